The van der Waals surface area contributed by atoms with Crippen molar-refractivity contribution in [3.63, 3.8) is 0 Å². The number of benzene rings is 2. The Morgan fingerprint density at radius 3 is 2.74 bits per heavy atom. The van der Waals surface area contributed by atoms with Gasteiger partial charge in [-0.1, -0.05) is 36.4 Å². The van der Waals surface area contributed by atoms with Crippen LogP contribution in [0.3, 0.4) is 0 Å². The first-order valence-corrected chi connectivity index (χ1v) is 8.78. The van der Waals surface area contributed by atoms with Crippen molar-refractivity contribution in [3.05, 3.63) is 71.3 Å². The van der Waals surface area contributed by atoms with E-state index in [4.69, 9.17) is 9.47 Å². The van der Waals surface area contributed by atoms with Gasteiger partial charge in [0.2, 0.25) is 12.7 Å². The molecule has 0 radical (unpaired) electrons. The minimum absolute atomic E-state index is 0.0658. The Labute approximate surface area is 156 Å². The van der Waals surface area contributed by atoms with E-state index in [2.05, 4.69) is 20.5 Å². The zero-order valence-corrected chi connectivity index (χ0v) is 14.9. The predicted octanol–water partition coefficient (Wildman–Crippen LogP) is 2.68. The van der Waals surface area contributed by atoms with Crippen LogP contribution >= 0.6 is 0 Å². The Bertz CT molecular complexity index is 939. The van der Waals surface area contributed by atoms with Crippen molar-refractivity contribution in [2.75, 3.05) is 6.79 Å². The highest BCUT2D eigenvalue weighted by Crippen LogP contribution is 2.37. The van der Waals surface area contributed by atoms with Gasteiger partial charge >= 0.3 is 0 Å². The van der Waals surface area contributed by atoms with Gasteiger partial charge in [-0.3, -0.25) is 9.89 Å². The Morgan fingerprint density at radius 2 is 1.96 bits per heavy atom. The number of nitrogens with zero attached hydrogens (tertiary/aromatic N) is 2. The van der Waals surface area contributed by atoms with E-state index in [9.17, 15) is 4.79 Å². The van der Waals surface area contributed by atoms with Gasteiger partial charge in [0, 0.05) is 12.3 Å². The number of ether oxygens (including phenoxy) is 2. The van der Waals surface area contributed by atoms with E-state index in [-0.39, 0.29) is 18.6 Å². The molecule has 7 heteroatoms. The average molecular weight is 364 g/mol. The fraction of sp³-hybridized carbons (Fsp3) is 0.250. The van der Waals surface area contributed by atoms with Crippen molar-refractivity contribution in [2.45, 2.75) is 25.8 Å². The summed E-state index contributed by atoms with van der Waals surface area (Å²) in [6.07, 6.45) is 0.313. The molecule has 0 spiro atoms. The van der Waals surface area contributed by atoms with E-state index in [1.807, 2.05) is 55.5 Å². The minimum Gasteiger partial charge on any atom is -0.454 e. The van der Waals surface area contributed by atoms with Gasteiger partial charge in [0.15, 0.2) is 17.3 Å². The number of amides is 1. The van der Waals surface area contributed by atoms with Crippen LogP contribution in [-0.2, 0) is 11.3 Å². The Hall–Kier alpha value is -3.35. The van der Waals surface area contributed by atoms with Gasteiger partial charge in [-0.25, -0.2) is 4.98 Å². The highest BCUT2D eigenvalue weighted by Gasteiger charge is 2.22. The third kappa shape index (κ3) is 3.92. The molecule has 0 fully saturated rings. The van der Waals surface area contributed by atoms with Crippen LogP contribution in [0.2, 0.25) is 0 Å². The molecule has 4 rings (SSSR count). The van der Waals surface area contributed by atoms with Gasteiger partial charge < -0.3 is 14.8 Å². The van der Waals surface area contributed by atoms with Gasteiger partial charge in [-0.15, -0.1) is 0 Å². The number of hydrogen-bond acceptors (Lipinski definition) is 5. The van der Waals surface area contributed by atoms with E-state index in [0.717, 1.165) is 22.7 Å². The molecular weight excluding hydrogens is 344 g/mol. The maximum atomic E-state index is 12.6. The molecule has 0 saturated carbocycles. The Balaban J connectivity index is 1.52. The largest absolute Gasteiger partial charge is 0.454 e. The summed E-state index contributed by atoms with van der Waals surface area (Å²) in [6, 6.07) is 15.8. The molecule has 2 N–H and O–H groups in total. The topological polar surface area (TPSA) is 89.1 Å². The monoisotopic (exact) mass is 364 g/mol. The number of carbonyl (C=O) groups is 1. The molecule has 0 bridgehead atoms. The van der Waals surface area contributed by atoms with Crippen molar-refractivity contribution in [3.8, 4) is 11.5 Å². The molecule has 1 aliphatic heterocycles. The molecule has 0 saturated heterocycles. The quantitative estimate of drug-likeness (QED) is 0.702. The molecule has 1 aliphatic rings. The summed E-state index contributed by atoms with van der Waals surface area (Å²) >= 11 is 0. The molecule has 2 aromatic carbocycles. The fourth-order valence-electron chi connectivity index (χ4n) is 3.15. The first-order valence-electron chi connectivity index (χ1n) is 8.78. The lowest BCUT2D eigenvalue weighted by Gasteiger charge is -2.18. The molecule has 0 aliphatic carbocycles. The normalized spacial score (nSPS) is 13.4. The molecule has 1 atom stereocenters. The van der Waals surface area contributed by atoms with Crippen LogP contribution in [0.25, 0.3) is 0 Å². The van der Waals surface area contributed by atoms with Gasteiger partial charge in [0.1, 0.15) is 5.82 Å². The lowest BCUT2D eigenvalue weighted by Crippen LogP contribution is -2.25. The molecule has 138 valence electrons. The number of aromatic amines is 1. The summed E-state index contributed by atoms with van der Waals surface area (Å²) in [6.45, 7) is 2.35. The maximum absolute atomic E-state index is 12.6. The van der Waals surface area contributed by atoms with E-state index >= 15 is 0 Å². The number of H-pyrrole nitrogens is 1. The SMILES string of the molecule is Cc1nc(CNC(=O)C[C@@H](c2ccccc2)c2ccc3c(c2)OCO3)n[nH]1. The van der Waals surface area contributed by atoms with E-state index < -0.39 is 0 Å². The zero-order valence-electron chi connectivity index (χ0n) is 14.9. The third-order valence-electron chi connectivity index (χ3n) is 4.48. The lowest BCUT2D eigenvalue weighted by atomic mass is 9.88. The first kappa shape index (κ1) is 17.1. The van der Waals surface area contributed by atoms with E-state index in [1.54, 1.807) is 0 Å². The summed E-state index contributed by atoms with van der Waals surface area (Å²) in [7, 11) is 0. The number of fused-ring (bicyclic) bond motifs is 1. The molecule has 2 heterocycles. The lowest BCUT2D eigenvalue weighted by molar-refractivity contribution is -0.121. The molecule has 0 unspecified atom stereocenters. The first-order chi connectivity index (χ1) is 13.2. The molecule has 1 aromatic heterocycles. The Morgan fingerprint density at radius 1 is 1.15 bits per heavy atom. The third-order valence-corrected chi connectivity index (χ3v) is 4.48. The maximum Gasteiger partial charge on any atom is 0.231 e. The van der Waals surface area contributed by atoms with Crippen molar-refractivity contribution < 1.29 is 14.3 Å². The molecule has 7 nitrogen and oxygen atoms in total. The molecule has 27 heavy (non-hydrogen) atoms. The summed E-state index contributed by atoms with van der Waals surface area (Å²) in [5.74, 6) is 2.58. The predicted molar refractivity (Wildman–Crippen MR) is 98.4 cm³/mol. The minimum atomic E-state index is -0.0884. The van der Waals surface area contributed by atoms with E-state index in [0.29, 0.717) is 24.5 Å². The standard InChI is InChI=1S/C20H20N4O3/c1-13-22-19(24-23-13)11-21-20(25)10-16(14-5-3-2-4-6-14)15-7-8-17-18(9-15)27-12-26-17/h2-9,16H,10-12H2,1H3,(H,21,25)(H,22,23,24)/t16-/m0/s1. The van der Waals surface area contributed by atoms with Gasteiger partial charge in [0.05, 0.1) is 6.54 Å². The Kier molecular flexibility index (Phi) is 4.74. The van der Waals surface area contributed by atoms with Crippen LogP contribution in [0.4, 0.5) is 0 Å². The van der Waals surface area contributed by atoms with Gasteiger partial charge in [-0.05, 0) is 30.2 Å². The molecule has 1 amide bonds. The zero-order chi connectivity index (χ0) is 18.6. The highest BCUT2D eigenvalue weighted by molar-refractivity contribution is 5.77. The summed E-state index contributed by atoms with van der Waals surface area (Å²) in [4.78, 5) is 16.8. The second-order valence-corrected chi connectivity index (χ2v) is 6.39. The number of rotatable bonds is 6. The highest BCUT2D eigenvalue weighted by atomic mass is 16.7. The number of nitrogens with one attached hydrogen (secondary N) is 2. The number of aryl methyl sites for hydroxylation is 1. The summed E-state index contributed by atoms with van der Waals surface area (Å²) in [5.41, 5.74) is 2.08. The van der Waals surface area contributed by atoms with Crippen molar-refractivity contribution >= 4 is 5.91 Å². The summed E-state index contributed by atoms with van der Waals surface area (Å²) in [5, 5.41) is 9.71. The van der Waals surface area contributed by atoms with Crippen molar-refractivity contribution in [2.24, 2.45) is 0 Å². The second-order valence-electron chi connectivity index (χ2n) is 6.39. The number of carbonyl (C=O) groups excluding carboxylic acids is 1. The van der Waals surface area contributed by atoms with Gasteiger partial charge in [-0.2, -0.15) is 5.10 Å². The van der Waals surface area contributed by atoms with Crippen LogP contribution in [0, 0.1) is 6.92 Å². The molecular formula is C20H20N4O3. The van der Waals surface area contributed by atoms with Crippen LogP contribution in [0.15, 0.2) is 48.5 Å². The average Bonchev–Trinajstić information content (AvgIpc) is 3.33. The molecule has 3 aromatic rings. The van der Waals surface area contributed by atoms with Crippen molar-refractivity contribution in [1.29, 1.82) is 0 Å². The number of hydrogen-bond donors (Lipinski definition) is 2. The summed E-state index contributed by atoms with van der Waals surface area (Å²) < 4.78 is 10.9. The fourth-order valence-corrected chi connectivity index (χ4v) is 3.15. The van der Waals surface area contributed by atoms with E-state index in [1.165, 1.54) is 0 Å². The number of aromatic nitrogens is 3. The van der Waals surface area contributed by atoms with Crippen LogP contribution in [0.5, 0.6) is 11.5 Å². The van der Waals surface area contributed by atoms with Gasteiger partial charge in [0.25, 0.3) is 0 Å². The smallest absolute Gasteiger partial charge is 0.231 e. The van der Waals surface area contributed by atoms with Crippen molar-refractivity contribution in [1.82, 2.24) is 20.5 Å². The van der Waals surface area contributed by atoms with Crippen LogP contribution in [0.1, 0.15) is 35.1 Å². The second kappa shape index (κ2) is 7.49. The van der Waals surface area contributed by atoms with Crippen LogP contribution < -0.4 is 14.8 Å². The van der Waals surface area contributed by atoms with Crippen LogP contribution in [-0.4, -0.2) is 27.9 Å².